The van der Waals surface area contributed by atoms with Crippen molar-refractivity contribution >= 4 is 28.1 Å². The molecule has 4 amide bonds. The number of nitrogens with zero attached hydrogens (tertiary/aromatic N) is 4. The zero-order valence-electron chi connectivity index (χ0n) is 18.0. The van der Waals surface area contributed by atoms with Gasteiger partial charge in [0, 0.05) is 12.7 Å². The number of amides is 4. The van der Waals surface area contributed by atoms with Gasteiger partial charge in [-0.2, -0.15) is 13.5 Å². The van der Waals surface area contributed by atoms with Crippen molar-refractivity contribution in [3.05, 3.63) is 53.9 Å². The zero-order valence-corrected chi connectivity index (χ0v) is 18.8. The topological polar surface area (TPSA) is 118 Å². The van der Waals surface area contributed by atoms with Gasteiger partial charge < -0.3 is 14.2 Å². The highest BCUT2D eigenvalue weighted by atomic mass is 32.2. The number of fused-ring (bicyclic) bond motifs is 2. The van der Waals surface area contributed by atoms with Crippen LogP contribution >= 0.6 is 0 Å². The van der Waals surface area contributed by atoms with E-state index in [1.165, 1.54) is 21.6 Å². The smallest absolute Gasteiger partial charge is 0.419 e. The highest BCUT2D eigenvalue weighted by molar-refractivity contribution is 7.86. The Kier molecular flexibility index (Phi) is 4.76. The third-order valence-corrected chi connectivity index (χ3v) is 7.43. The van der Waals surface area contributed by atoms with Gasteiger partial charge in [0.25, 0.3) is 5.91 Å². The molecule has 1 aromatic carbocycles. The van der Waals surface area contributed by atoms with E-state index in [-0.39, 0.29) is 36.1 Å². The maximum atomic E-state index is 13.5. The van der Waals surface area contributed by atoms with Crippen LogP contribution in [0.15, 0.2) is 47.5 Å². The molecule has 0 aliphatic carbocycles. The summed E-state index contributed by atoms with van der Waals surface area (Å²) < 4.78 is 38.3. The minimum Gasteiger partial charge on any atom is -0.449 e. The highest BCUT2D eigenvalue weighted by Gasteiger charge is 2.70. The number of urea groups is 1. The normalized spacial score (nSPS) is 24.1. The first-order valence-corrected chi connectivity index (χ1v) is 11.9. The van der Waals surface area contributed by atoms with Crippen LogP contribution in [0, 0.1) is 6.92 Å². The fourth-order valence-electron chi connectivity index (χ4n) is 4.85. The van der Waals surface area contributed by atoms with Gasteiger partial charge in [0.1, 0.15) is 5.69 Å². The van der Waals surface area contributed by atoms with E-state index in [1.807, 2.05) is 0 Å². The quantitative estimate of drug-likeness (QED) is 0.668. The summed E-state index contributed by atoms with van der Waals surface area (Å²) in [4.78, 5) is 41.7. The van der Waals surface area contributed by atoms with Crippen molar-refractivity contribution < 1.29 is 31.8 Å². The van der Waals surface area contributed by atoms with Crippen LogP contribution in [0.25, 0.3) is 0 Å². The molecule has 0 saturated carbocycles. The monoisotopic (exact) mass is 474 g/mol. The molecule has 12 heteroatoms. The molecule has 0 N–H and O–H groups in total. The van der Waals surface area contributed by atoms with Crippen LogP contribution in [0.3, 0.4) is 0 Å². The largest absolute Gasteiger partial charge is 0.449 e. The van der Waals surface area contributed by atoms with Gasteiger partial charge in [-0.15, -0.1) is 4.28 Å². The molecule has 2 atom stereocenters. The summed E-state index contributed by atoms with van der Waals surface area (Å²) in [5.41, 5.74) is -0.411. The zero-order chi connectivity index (χ0) is 23.5. The van der Waals surface area contributed by atoms with E-state index in [1.54, 1.807) is 44.3 Å². The number of imide groups is 1. The number of carbonyl (C=O) groups is 3. The number of rotatable bonds is 4. The Balaban J connectivity index is 1.66. The van der Waals surface area contributed by atoms with E-state index in [2.05, 4.69) is 0 Å². The average molecular weight is 474 g/mol. The molecule has 2 saturated heterocycles. The molecule has 0 bridgehead atoms. The number of benzene rings is 1. The van der Waals surface area contributed by atoms with Gasteiger partial charge in [0.2, 0.25) is 0 Å². The molecule has 4 heterocycles. The van der Waals surface area contributed by atoms with Crippen LogP contribution in [0.5, 0.6) is 0 Å². The molecule has 5 rings (SSSR count). The first-order valence-electron chi connectivity index (χ1n) is 10.5. The summed E-state index contributed by atoms with van der Waals surface area (Å²) in [6.07, 6.45) is 0.273. The summed E-state index contributed by atoms with van der Waals surface area (Å²) >= 11 is 0. The Morgan fingerprint density at radius 2 is 1.91 bits per heavy atom. The van der Waals surface area contributed by atoms with E-state index in [0.29, 0.717) is 11.5 Å². The molecule has 2 aromatic rings. The van der Waals surface area contributed by atoms with Gasteiger partial charge in [-0.05, 0) is 51.0 Å². The van der Waals surface area contributed by atoms with Crippen LogP contribution in [-0.2, 0) is 19.1 Å². The average Bonchev–Trinajstić information content (AvgIpc) is 3.48. The number of carbonyl (C=O) groups excluding carboxylic acids is 3. The molecule has 33 heavy (non-hydrogen) atoms. The van der Waals surface area contributed by atoms with Crippen LogP contribution in [0.1, 0.15) is 42.0 Å². The number of ether oxygens (including phenoxy) is 1. The molecule has 3 aliphatic heterocycles. The van der Waals surface area contributed by atoms with Crippen molar-refractivity contribution in [1.82, 2.24) is 19.4 Å². The molecule has 2 fully saturated rings. The molecule has 0 unspecified atom stereocenters. The number of hydroxylamine groups is 2. The molecule has 11 nitrogen and oxygen atoms in total. The first kappa shape index (κ1) is 21.5. The van der Waals surface area contributed by atoms with Crippen LogP contribution in [0.2, 0.25) is 0 Å². The van der Waals surface area contributed by atoms with Gasteiger partial charge in [-0.3, -0.25) is 4.79 Å². The molecule has 3 aliphatic rings. The lowest BCUT2D eigenvalue weighted by molar-refractivity contribution is -0.143. The summed E-state index contributed by atoms with van der Waals surface area (Å²) in [7, 11) is -4.45. The summed E-state index contributed by atoms with van der Waals surface area (Å²) in [5, 5.41) is 0.664. The van der Waals surface area contributed by atoms with Gasteiger partial charge >= 0.3 is 22.2 Å². The van der Waals surface area contributed by atoms with E-state index < -0.39 is 34.1 Å². The number of aryl methyl sites for hydroxylation is 1. The van der Waals surface area contributed by atoms with Gasteiger partial charge in [-0.25, -0.2) is 14.5 Å². The second-order valence-electron chi connectivity index (χ2n) is 8.10. The van der Waals surface area contributed by atoms with Crippen molar-refractivity contribution in [3.8, 4) is 0 Å². The van der Waals surface area contributed by atoms with Gasteiger partial charge in [0.15, 0.2) is 11.8 Å². The van der Waals surface area contributed by atoms with E-state index in [9.17, 15) is 22.8 Å². The lowest BCUT2D eigenvalue weighted by atomic mass is 10.0. The molecule has 1 spiro atoms. The second kappa shape index (κ2) is 7.32. The van der Waals surface area contributed by atoms with Crippen LogP contribution in [-0.4, -0.2) is 64.7 Å². The minimum absolute atomic E-state index is 0.00599. The highest BCUT2D eigenvalue weighted by Crippen LogP contribution is 2.53. The molecule has 1 aromatic heterocycles. The van der Waals surface area contributed by atoms with Crippen molar-refractivity contribution in [1.29, 1.82) is 0 Å². The van der Waals surface area contributed by atoms with Crippen molar-refractivity contribution in [3.63, 3.8) is 0 Å². The Hall–Kier alpha value is -3.38. The fourth-order valence-corrected chi connectivity index (χ4v) is 5.79. The standard InChI is InChI=1S/C21H22N4O7S/c1-3-31-20(28)24-18-21(11-5-13-23(21)17(26)16-6-4-12-22(16)18)25(19(24)27)32-33(29,30)15-9-7-14(2)8-10-15/h4,6-10,12,18H,3,5,11,13H2,1-2H3/t18-,21+/m1/s1. The Morgan fingerprint density at radius 3 is 2.61 bits per heavy atom. The summed E-state index contributed by atoms with van der Waals surface area (Å²) in [6.45, 7) is 3.68. The van der Waals surface area contributed by atoms with Gasteiger partial charge in [0.05, 0.1) is 11.5 Å². The van der Waals surface area contributed by atoms with Crippen LogP contribution in [0.4, 0.5) is 9.59 Å². The number of aromatic nitrogens is 1. The molecular formula is C21H22N4O7S. The van der Waals surface area contributed by atoms with E-state index in [4.69, 9.17) is 9.02 Å². The van der Waals surface area contributed by atoms with Crippen molar-refractivity contribution in [2.24, 2.45) is 0 Å². The summed E-state index contributed by atoms with van der Waals surface area (Å²) in [6, 6.07) is 8.14. The van der Waals surface area contributed by atoms with E-state index in [0.717, 1.165) is 10.5 Å². The van der Waals surface area contributed by atoms with Crippen LogP contribution < -0.4 is 0 Å². The second-order valence-corrected chi connectivity index (χ2v) is 9.63. The maximum absolute atomic E-state index is 13.5. The summed E-state index contributed by atoms with van der Waals surface area (Å²) in [5.74, 6) is -0.381. The predicted molar refractivity (Wildman–Crippen MR) is 112 cm³/mol. The van der Waals surface area contributed by atoms with E-state index >= 15 is 0 Å². The lowest BCUT2D eigenvalue weighted by Crippen LogP contribution is -2.63. The number of hydrogen-bond acceptors (Lipinski definition) is 7. The molecular weight excluding hydrogens is 452 g/mol. The fraction of sp³-hybridized carbons (Fsp3) is 0.381. The van der Waals surface area contributed by atoms with Crippen molar-refractivity contribution in [2.75, 3.05) is 13.2 Å². The van der Waals surface area contributed by atoms with Crippen molar-refractivity contribution in [2.45, 2.75) is 43.4 Å². The molecule has 0 radical (unpaired) electrons. The third-order valence-electron chi connectivity index (χ3n) is 6.24. The third kappa shape index (κ3) is 2.90. The maximum Gasteiger partial charge on any atom is 0.419 e. The SMILES string of the molecule is CCOC(=O)N1C(=O)N(OS(=O)(=O)c2ccc(C)cc2)[C@]23CCCN2C(=O)c2cccn2[C@H]13. The molecule has 174 valence electrons. The predicted octanol–water partition coefficient (Wildman–Crippen LogP) is 2.46. The Bertz CT molecular complexity index is 1260. The van der Waals surface area contributed by atoms with Gasteiger partial charge in [-0.1, -0.05) is 17.7 Å². The lowest BCUT2D eigenvalue weighted by Gasteiger charge is -2.46. The number of hydrogen-bond donors (Lipinski definition) is 0. The Morgan fingerprint density at radius 1 is 1.18 bits per heavy atom. The first-order chi connectivity index (χ1) is 15.7. The minimum atomic E-state index is -4.45. The Labute approximate surface area is 190 Å².